The van der Waals surface area contributed by atoms with E-state index < -0.39 is 0 Å². The number of benzene rings is 2. The van der Waals surface area contributed by atoms with E-state index in [1.807, 2.05) is 18.2 Å². The summed E-state index contributed by atoms with van der Waals surface area (Å²) in [7, 11) is 1.72. The molecule has 158 valence electrons. The minimum atomic E-state index is 0.537. The third-order valence-corrected chi connectivity index (χ3v) is 5.82. The second-order valence-electron chi connectivity index (χ2n) is 7.55. The molecule has 0 saturated carbocycles. The molecule has 2 heterocycles. The number of aromatic nitrogens is 1. The molecule has 2 aromatic carbocycles. The first-order valence-corrected chi connectivity index (χ1v) is 10.7. The zero-order valence-electron chi connectivity index (χ0n) is 17.5. The number of aromatic amines is 1. The molecule has 4 rings (SSSR count). The number of ether oxygens (including phenoxy) is 2. The summed E-state index contributed by atoms with van der Waals surface area (Å²) in [6.07, 6.45) is 3.26. The molecule has 0 aliphatic carbocycles. The Morgan fingerprint density at radius 1 is 1.07 bits per heavy atom. The third kappa shape index (κ3) is 4.63. The van der Waals surface area contributed by atoms with Crippen LogP contribution in [-0.2, 0) is 22.4 Å². The van der Waals surface area contributed by atoms with Gasteiger partial charge in [-0.25, -0.2) is 0 Å². The number of methoxy groups -OCH3 is 1. The highest BCUT2D eigenvalue weighted by Gasteiger charge is 2.17. The van der Waals surface area contributed by atoms with Gasteiger partial charge in [0.05, 0.1) is 26.0 Å². The van der Waals surface area contributed by atoms with Gasteiger partial charge in [-0.15, -0.1) is 0 Å². The van der Waals surface area contributed by atoms with E-state index in [4.69, 9.17) is 25.9 Å². The summed E-state index contributed by atoms with van der Waals surface area (Å²) in [5.74, 6) is 0.890. The Labute approximate surface area is 182 Å². The zero-order valence-corrected chi connectivity index (χ0v) is 18.2. The van der Waals surface area contributed by atoms with Crippen LogP contribution in [0.3, 0.4) is 0 Å². The Bertz CT molecular complexity index is 1030. The van der Waals surface area contributed by atoms with Crippen molar-refractivity contribution in [3.63, 3.8) is 0 Å². The van der Waals surface area contributed by atoms with Crippen LogP contribution in [0.4, 0.5) is 0 Å². The molecule has 1 fully saturated rings. The number of H-pyrrole nitrogens is 1. The number of oxime groups is 1. The standard InChI is InChI=1S/C24H27ClN2O3/c1-16-20(11-14-30-27-19-9-12-29-13-10-19)24-21(15-17-3-5-18(25)6-4-17)23(28-2)8-7-22(24)26-16/h3-8,26H,9-15H2,1-2H3. The van der Waals surface area contributed by atoms with Crippen LogP contribution >= 0.6 is 11.6 Å². The SMILES string of the molecule is COc1ccc2[nH]c(C)c(CCON=C3CCOCC3)c2c1Cc1ccc(Cl)cc1. The van der Waals surface area contributed by atoms with E-state index in [-0.39, 0.29) is 0 Å². The number of halogens is 1. The number of hydrogen-bond donors (Lipinski definition) is 1. The highest BCUT2D eigenvalue weighted by molar-refractivity contribution is 6.30. The maximum Gasteiger partial charge on any atom is 0.123 e. The molecule has 0 amide bonds. The van der Waals surface area contributed by atoms with Crippen LogP contribution in [0.25, 0.3) is 10.9 Å². The third-order valence-electron chi connectivity index (χ3n) is 5.57. The van der Waals surface area contributed by atoms with Gasteiger partial charge in [0, 0.05) is 52.9 Å². The van der Waals surface area contributed by atoms with E-state index in [0.29, 0.717) is 6.61 Å². The van der Waals surface area contributed by atoms with Gasteiger partial charge in [0.15, 0.2) is 0 Å². The molecule has 1 N–H and O–H groups in total. The normalized spacial score (nSPS) is 14.2. The molecule has 1 aliphatic rings. The van der Waals surface area contributed by atoms with Crippen LogP contribution < -0.4 is 4.74 Å². The second-order valence-corrected chi connectivity index (χ2v) is 7.99. The molecule has 0 spiro atoms. The Morgan fingerprint density at radius 3 is 2.57 bits per heavy atom. The smallest absolute Gasteiger partial charge is 0.123 e. The minimum Gasteiger partial charge on any atom is -0.496 e. The Hall–Kier alpha value is -2.50. The van der Waals surface area contributed by atoms with Crippen molar-refractivity contribution in [1.29, 1.82) is 0 Å². The van der Waals surface area contributed by atoms with Crippen molar-refractivity contribution in [2.45, 2.75) is 32.6 Å². The maximum atomic E-state index is 6.06. The molecule has 1 aliphatic heterocycles. The number of nitrogens with zero attached hydrogens (tertiary/aromatic N) is 1. The summed E-state index contributed by atoms with van der Waals surface area (Å²) in [4.78, 5) is 9.17. The molecule has 0 radical (unpaired) electrons. The molecule has 0 bridgehead atoms. The Kier molecular flexibility index (Phi) is 6.60. The van der Waals surface area contributed by atoms with Gasteiger partial charge in [-0.1, -0.05) is 28.9 Å². The van der Waals surface area contributed by atoms with Crippen LogP contribution in [-0.4, -0.2) is 37.6 Å². The van der Waals surface area contributed by atoms with Crippen molar-refractivity contribution < 1.29 is 14.3 Å². The molecule has 5 nitrogen and oxygen atoms in total. The summed E-state index contributed by atoms with van der Waals surface area (Å²) in [6, 6.07) is 12.1. The zero-order chi connectivity index (χ0) is 20.9. The molecule has 0 atom stereocenters. The van der Waals surface area contributed by atoms with Crippen LogP contribution in [0, 0.1) is 6.92 Å². The predicted molar refractivity (Wildman–Crippen MR) is 121 cm³/mol. The van der Waals surface area contributed by atoms with Crippen LogP contribution in [0.15, 0.2) is 41.6 Å². The number of nitrogens with one attached hydrogen (secondary N) is 1. The topological polar surface area (TPSA) is 55.8 Å². The van der Waals surface area contributed by atoms with Crippen molar-refractivity contribution in [3.05, 3.63) is 63.8 Å². The largest absolute Gasteiger partial charge is 0.496 e. The molecular formula is C24H27ClN2O3. The van der Waals surface area contributed by atoms with Crippen LogP contribution in [0.2, 0.25) is 5.02 Å². The summed E-state index contributed by atoms with van der Waals surface area (Å²) >= 11 is 6.06. The first-order chi connectivity index (χ1) is 14.7. The lowest BCUT2D eigenvalue weighted by Gasteiger charge is -2.13. The lowest BCUT2D eigenvalue weighted by molar-refractivity contribution is 0.119. The van der Waals surface area contributed by atoms with Gasteiger partial charge < -0.3 is 19.3 Å². The van der Waals surface area contributed by atoms with E-state index in [0.717, 1.165) is 66.6 Å². The monoisotopic (exact) mass is 426 g/mol. The van der Waals surface area contributed by atoms with Crippen molar-refractivity contribution in [1.82, 2.24) is 4.98 Å². The van der Waals surface area contributed by atoms with Crippen LogP contribution in [0.1, 0.15) is 35.2 Å². The molecule has 0 unspecified atom stereocenters. The van der Waals surface area contributed by atoms with Gasteiger partial charge in [-0.05, 0) is 42.3 Å². The van der Waals surface area contributed by atoms with Gasteiger partial charge in [0.1, 0.15) is 12.4 Å². The summed E-state index contributed by atoms with van der Waals surface area (Å²) in [5, 5.41) is 6.27. The number of aryl methyl sites for hydroxylation is 1. The molecule has 6 heteroatoms. The number of fused-ring (bicyclic) bond motifs is 1. The fraction of sp³-hybridized carbons (Fsp3) is 0.375. The van der Waals surface area contributed by atoms with Gasteiger partial charge in [0.25, 0.3) is 0 Å². The average molecular weight is 427 g/mol. The first kappa shape index (κ1) is 20.8. The quantitative estimate of drug-likeness (QED) is 0.403. The summed E-state index contributed by atoms with van der Waals surface area (Å²) in [5.41, 5.74) is 6.97. The van der Waals surface area contributed by atoms with Crippen molar-refractivity contribution in [2.75, 3.05) is 26.9 Å². The van der Waals surface area contributed by atoms with Crippen molar-refractivity contribution >= 4 is 28.2 Å². The van der Waals surface area contributed by atoms with Gasteiger partial charge >= 0.3 is 0 Å². The second kappa shape index (κ2) is 9.54. The van der Waals surface area contributed by atoms with Gasteiger partial charge in [0.2, 0.25) is 0 Å². The minimum absolute atomic E-state index is 0.537. The fourth-order valence-electron chi connectivity index (χ4n) is 4.01. The number of hydrogen-bond acceptors (Lipinski definition) is 4. The summed E-state index contributed by atoms with van der Waals surface area (Å²) < 4.78 is 11.1. The lowest BCUT2D eigenvalue weighted by Crippen LogP contribution is -2.15. The molecule has 1 aromatic heterocycles. The fourth-order valence-corrected chi connectivity index (χ4v) is 4.14. The van der Waals surface area contributed by atoms with Crippen LogP contribution in [0.5, 0.6) is 5.75 Å². The highest BCUT2D eigenvalue weighted by Crippen LogP contribution is 2.34. The van der Waals surface area contributed by atoms with Gasteiger partial charge in [-0.2, -0.15) is 0 Å². The lowest BCUT2D eigenvalue weighted by atomic mass is 9.96. The van der Waals surface area contributed by atoms with E-state index in [1.165, 1.54) is 22.1 Å². The molecule has 30 heavy (non-hydrogen) atoms. The number of rotatable bonds is 7. The van der Waals surface area contributed by atoms with E-state index >= 15 is 0 Å². The van der Waals surface area contributed by atoms with Crippen molar-refractivity contribution in [2.24, 2.45) is 5.16 Å². The van der Waals surface area contributed by atoms with E-state index in [9.17, 15) is 0 Å². The first-order valence-electron chi connectivity index (χ1n) is 10.3. The average Bonchev–Trinajstić information content (AvgIpc) is 3.09. The summed E-state index contributed by atoms with van der Waals surface area (Å²) in [6.45, 7) is 4.11. The Balaban J connectivity index is 1.60. The van der Waals surface area contributed by atoms with E-state index in [1.54, 1.807) is 7.11 Å². The molecule has 3 aromatic rings. The van der Waals surface area contributed by atoms with Crippen molar-refractivity contribution in [3.8, 4) is 5.75 Å². The predicted octanol–water partition coefficient (Wildman–Crippen LogP) is 5.45. The molecule has 1 saturated heterocycles. The van der Waals surface area contributed by atoms with E-state index in [2.05, 4.69) is 35.3 Å². The highest BCUT2D eigenvalue weighted by atomic mass is 35.5. The Morgan fingerprint density at radius 2 is 1.83 bits per heavy atom. The maximum absolute atomic E-state index is 6.06. The molecular weight excluding hydrogens is 400 g/mol. The van der Waals surface area contributed by atoms with Gasteiger partial charge in [-0.3, -0.25) is 0 Å².